The Morgan fingerprint density at radius 2 is 1.68 bits per heavy atom. The van der Waals surface area contributed by atoms with E-state index in [2.05, 4.69) is 15.6 Å². The molecule has 2 N–H and O–H groups in total. The quantitative estimate of drug-likeness (QED) is 0.174. The molecule has 0 radical (unpaired) electrons. The number of carbonyl (C=O) groups excluding carboxylic acids is 2. The van der Waals surface area contributed by atoms with Crippen molar-refractivity contribution in [3.63, 3.8) is 0 Å². The number of benzene rings is 3. The van der Waals surface area contributed by atoms with Gasteiger partial charge >= 0.3 is 0 Å². The van der Waals surface area contributed by atoms with Crippen LogP contribution in [0.5, 0.6) is 0 Å². The van der Waals surface area contributed by atoms with Gasteiger partial charge in [0.2, 0.25) is 5.91 Å². The molecular weight excluding hydrogens is 507 g/mol. The standard InChI is InChI=1S/C28H27FN4O4S/c1-37-15-14-30-26(35)21-10-6-20(7-11-21)17-33-27(36)23-4-2-3-5-24(23)32-28(33)38-18-25(34)31-16-19-8-12-22(29)13-9-19/h2-13H,14-18H2,1H3,(H,30,35)(H,31,34). The molecule has 10 heteroatoms. The largest absolute Gasteiger partial charge is 0.383 e. The third-order valence-corrected chi connectivity index (χ3v) is 6.69. The molecule has 1 aromatic heterocycles. The summed E-state index contributed by atoms with van der Waals surface area (Å²) in [6.45, 7) is 1.32. The SMILES string of the molecule is COCCNC(=O)c1ccc(Cn2c(SCC(=O)NCc3ccc(F)cc3)nc3ccccc3c2=O)cc1. The van der Waals surface area contributed by atoms with Gasteiger partial charge in [-0.2, -0.15) is 0 Å². The summed E-state index contributed by atoms with van der Waals surface area (Å²) in [6.07, 6.45) is 0. The lowest BCUT2D eigenvalue weighted by molar-refractivity contribution is -0.118. The summed E-state index contributed by atoms with van der Waals surface area (Å²) in [7, 11) is 1.57. The summed E-state index contributed by atoms with van der Waals surface area (Å²) in [5.74, 6) is -0.735. The van der Waals surface area contributed by atoms with E-state index >= 15 is 0 Å². The van der Waals surface area contributed by atoms with Crippen LogP contribution in [0.15, 0.2) is 82.7 Å². The molecule has 0 bridgehead atoms. The van der Waals surface area contributed by atoms with Crippen LogP contribution < -0.4 is 16.2 Å². The molecule has 0 unspecified atom stereocenters. The van der Waals surface area contributed by atoms with Gasteiger partial charge in [0.05, 0.1) is 29.8 Å². The van der Waals surface area contributed by atoms with Crippen molar-refractivity contribution in [2.75, 3.05) is 26.0 Å². The van der Waals surface area contributed by atoms with Gasteiger partial charge in [-0.3, -0.25) is 19.0 Å². The van der Waals surface area contributed by atoms with Crippen molar-refractivity contribution in [3.8, 4) is 0 Å². The fourth-order valence-corrected chi connectivity index (χ4v) is 4.52. The van der Waals surface area contributed by atoms with E-state index in [-0.39, 0.29) is 42.0 Å². The number of para-hydroxylation sites is 1. The number of hydrogen-bond acceptors (Lipinski definition) is 6. The number of nitrogens with one attached hydrogen (secondary N) is 2. The molecule has 0 saturated carbocycles. The van der Waals surface area contributed by atoms with E-state index in [9.17, 15) is 18.8 Å². The van der Waals surface area contributed by atoms with Crippen LogP contribution in [-0.2, 0) is 22.6 Å². The minimum atomic E-state index is -0.337. The Morgan fingerprint density at radius 1 is 0.974 bits per heavy atom. The first-order valence-corrected chi connectivity index (χ1v) is 12.9. The molecule has 3 aromatic carbocycles. The van der Waals surface area contributed by atoms with Crippen LogP contribution in [0, 0.1) is 5.82 Å². The van der Waals surface area contributed by atoms with E-state index in [0.717, 1.165) is 22.9 Å². The number of nitrogens with zero attached hydrogens (tertiary/aromatic N) is 2. The van der Waals surface area contributed by atoms with E-state index in [0.29, 0.717) is 34.8 Å². The molecule has 0 atom stereocenters. The van der Waals surface area contributed by atoms with Crippen molar-refractivity contribution in [3.05, 3.63) is 106 Å². The van der Waals surface area contributed by atoms with Crippen LogP contribution in [0.1, 0.15) is 21.5 Å². The lowest BCUT2D eigenvalue weighted by atomic mass is 10.1. The molecule has 4 aromatic rings. The highest BCUT2D eigenvalue weighted by Crippen LogP contribution is 2.19. The second-order valence-corrected chi connectivity index (χ2v) is 9.38. The van der Waals surface area contributed by atoms with E-state index < -0.39 is 0 Å². The highest BCUT2D eigenvalue weighted by molar-refractivity contribution is 7.99. The predicted molar refractivity (Wildman–Crippen MR) is 145 cm³/mol. The first-order valence-electron chi connectivity index (χ1n) is 11.9. The third kappa shape index (κ3) is 7.05. The zero-order chi connectivity index (χ0) is 26.9. The number of thioether (sulfide) groups is 1. The summed E-state index contributed by atoms with van der Waals surface area (Å²) >= 11 is 1.16. The molecule has 38 heavy (non-hydrogen) atoms. The van der Waals surface area contributed by atoms with Crippen LogP contribution in [-0.4, -0.2) is 47.4 Å². The van der Waals surface area contributed by atoms with Crippen LogP contribution in [0.2, 0.25) is 0 Å². The number of fused-ring (bicyclic) bond motifs is 1. The van der Waals surface area contributed by atoms with Gasteiger partial charge in [0.15, 0.2) is 5.16 Å². The predicted octanol–water partition coefficient (Wildman–Crippen LogP) is 3.37. The molecule has 0 aliphatic rings. The van der Waals surface area contributed by atoms with Crippen molar-refractivity contribution < 1.29 is 18.7 Å². The number of carbonyl (C=O) groups is 2. The minimum absolute atomic E-state index is 0.0482. The van der Waals surface area contributed by atoms with Gasteiger partial charge in [0, 0.05) is 25.8 Å². The molecule has 0 saturated heterocycles. The highest BCUT2D eigenvalue weighted by Gasteiger charge is 2.14. The number of amides is 2. The lowest BCUT2D eigenvalue weighted by Gasteiger charge is -2.14. The van der Waals surface area contributed by atoms with Gasteiger partial charge in [-0.1, -0.05) is 48.2 Å². The highest BCUT2D eigenvalue weighted by atomic mass is 32.2. The summed E-state index contributed by atoms with van der Waals surface area (Å²) in [5, 5.41) is 6.46. The zero-order valence-corrected chi connectivity index (χ0v) is 21.6. The van der Waals surface area contributed by atoms with Crippen LogP contribution in [0.25, 0.3) is 10.9 Å². The average Bonchev–Trinajstić information content (AvgIpc) is 2.93. The van der Waals surface area contributed by atoms with Crippen LogP contribution in [0.3, 0.4) is 0 Å². The van der Waals surface area contributed by atoms with Crippen molar-refractivity contribution in [1.29, 1.82) is 0 Å². The number of ether oxygens (including phenoxy) is 1. The summed E-state index contributed by atoms with van der Waals surface area (Å²) < 4.78 is 19.6. The summed E-state index contributed by atoms with van der Waals surface area (Å²) in [6, 6.07) is 20.0. The van der Waals surface area contributed by atoms with Crippen molar-refractivity contribution >= 4 is 34.5 Å². The number of halogens is 1. The van der Waals surface area contributed by atoms with E-state index in [1.165, 1.54) is 16.7 Å². The number of aromatic nitrogens is 2. The maximum Gasteiger partial charge on any atom is 0.262 e. The smallest absolute Gasteiger partial charge is 0.262 e. The Balaban J connectivity index is 1.49. The number of rotatable bonds is 11. The van der Waals surface area contributed by atoms with Crippen LogP contribution in [0.4, 0.5) is 4.39 Å². The molecule has 1 heterocycles. The second kappa shape index (κ2) is 13.0. The Kier molecular flexibility index (Phi) is 9.23. The third-order valence-electron chi connectivity index (χ3n) is 5.71. The normalized spacial score (nSPS) is 10.9. The van der Waals surface area contributed by atoms with Crippen LogP contribution >= 0.6 is 11.8 Å². The van der Waals surface area contributed by atoms with Crippen molar-refractivity contribution in [2.45, 2.75) is 18.2 Å². The molecular formula is C28H27FN4O4S. The van der Waals surface area contributed by atoms with Gasteiger partial charge in [0.1, 0.15) is 5.82 Å². The van der Waals surface area contributed by atoms with E-state index in [4.69, 9.17) is 4.74 Å². The molecule has 0 fully saturated rings. The topological polar surface area (TPSA) is 102 Å². The molecule has 4 rings (SSSR count). The van der Waals surface area contributed by atoms with Gasteiger partial charge in [0.25, 0.3) is 11.5 Å². The lowest BCUT2D eigenvalue weighted by Crippen LogP contribution is -2.27. The zero-order valence-electron chi connectivity index (χ0n) is 20.8. The molecule has 8 nitrogen and oxygen atoms in total. The fourth-order valence-electron chi connectivity index (χ4n) is 3.69. The number of methoxy groups -OCH3 is 1. The molecule has 2 amide bonds. The maximum atomic E-state index is 13.4. The molecule has 196 valence electrons. The Bertz CT molecular complexity index is 1470. The van der Waals surface area contributed by atoms with E-state index in [1.54, 1.807) is 67.8 Å². The number of hydrogen-bond donors (Lipinski definition) is 2. The van der Waals surface area contributed by atoms with Gasteiger partial charge < -0.3 is 15.4 Å². The summed E-state index contributed by atoms with van der Waals surface area (Å²) in [5.41, 5.74) is 2.42. The van der Waals surface area contributed by atoms with Gasteiger partial charge in [-0.15, -0.1) is 0 Å². The fraction of sp³-hybridized carbons (Fsp3) is 0.214. The average molecular weight is 535 g/mol. The maximum absolute atomic E-state index is 13.4. The second-order valence-electron chi connectivity index (χ2n) is 8.44. The Labute approximate surface area is 223 Å². The first-order chi connectivity index (χ1) is 18.4. The van der Waals surface area contributed by atoms with E-state index in [1.807, 2.05) is 0 Å². The minimum Gasteiger partial charge on any atom is -0.383 e. The molecule has 0 aliphatic heterocycles. The van der Waals surface area contributed by atoms with Gasteiger partial charge in [-0.25, -0.2) is 9.37 Å². The van der Waals surface area contributed by atoms with Crippen molar-refractivity contribution in [1.82, 2.24) is 20.2 Å². The first kappa shape index (κ1) is 27.0. The molecule has 0 aliphatic carbocycles. The van der Waals surface area contributed by atoms with Crippen molar-refractivity contribution in [2.24, 2.45) is 0 Å². The monoisotopic (exact) mass is 534 g/mol. The Hall–Kier alpha value is -4.02. The molecule has 0 spiro atoms. The summed E-state index contributed by atoms with van der Waals surface area (Å²) in [4.78, 5) is 42.8. The van der Waals surface area contributed by atoms with Gasteiger partial charge in [-0.05, 0) is 47.5 Å². The Morgan fingerprint density at radius 3 is 2.42 bits per heavy atom.